The maximum atomic E-state index is 5.62. The highest BCUT2D eigenvalue weighted by Gasteiger charge is 2.11. The van der Waals surface area contributed by atoms with Gasteiger partial charge >= 0.3 is 0 Å². The molecule has 1 atom stereocenters. The van der Waals surface area contributed by atoms with Crippen molar-refractivity contribution in [3.05, 3.63) is 30.2 Å². The van der Waals surface area contributed by atoms with Crippen LogP contribution in [0.3, 0.4) is 0 Å². The van der Waals surface area contributed by atoms with E-state index in [1.807, 2.05) is 24.3 Å². The number of hydrogen-bond donors (Lipinski definition) is 1. The molecule has 21 heavy (non-hydrogen) atoms. The average Bonchev–Trinajstić information content (AvgIpc) is 3.00. The van der Waals surface area contributed by atoms with Crippen LogP contribution in [0.25, 0.3) is 11.4 Å². The Hall–Kier alpha value is -1.88. The third kappa shape index (κ3) is 4.29. The van der Waals surface area contributed by atoms with Crippen LogP contribution in [0.1, 0.15) is 32.1 Å². The van der Waals surface area contributed by atoms with Gasteiger partial charge in [0.25, 0.3) is 0 Å². The standard InChI is InChI=1S/C16H23N3O2/c1-3-12(10-11-17)4-9-15-18-16(19-21-15)13-5-7-14(20-2)8-6-13/h5-8,12H,3-4,9-11,17H2,1-2H3. The second kappa shape index (κ2) is 7.78. The van der Waals surface area contributed by atoms with Crippen molar-refractivity contribution < 1.29 is 9.26 Å². The molecule has 0 aliphatic carbocycles. The lowest BCUT2D eigenvalue weighted by molar-refractivity contribution is 0.354. The Balaban J connectivity index is 1.97. The zero-order valence-corrected chi connectivity index (χ0v) is 12.7. The zero-order chi connectivity index (χ0) is 15.1. The number of hydrogen-bond acceptors (Lipinski definition) is 5. The highest BCUT2D eigenvalue weighted by molar-refractivity contribution is 5.55. The summed E-state index contributed by atoms with van der Waals surface area (Å²) in [6.45, 7) is 2.93. The molecule has 2 rings (SSSR count). The summed E-state index contributed by atoms with van der Waals surface area (Å²) in [5.74, 6) is 2.76. The quantitative estimate of drug-likeness (QED) is 0.808. The van der Waals surface area contributed by atoms with Crippen molar-refractivity contribution in [2.45, 2.75) is 32.6 Å². The van der Waals surface area contributed by atoms with Gasteiger partial charge in [-0.2, -0.15) is 4.98 Å². The third-order valence-electron chi connectivity index (χ3n) is 3.74. The van der Waals surface area contributed by atoms with Crippen LogP contribution < -0.4 is 10.5 Å². The third-order valence-corrected chi connectivity index (χ3v) is 3.74. The average molecular weight is 289 g/mol. The SMILES string of the molecule is CCC(CCN)CCc1nc(-c2ccc(OC)cc2)no1. The zero-order valence-electron chi connectivity index (χ0n) is 12.7. The molecule has 0 amide bonds. The molecule has 5 nitrogen and oxygen atoms in total. The summed E-state index contributed by atoms with van der Waals surface area (Å²) in [7, 11) is 1.65. The van der Waals surface area contributed by atoms with E-state index in [0.717, 1.165) is 43.5 Å². The molecule has 1 aromatic heterocycles. The lowest BCUT2D eigenvalue weighted by atomic mass is 9.97. The first-order valence-electron chi connectivity index (χ1n) is 7.43. The molecule has 0 saturated carbocycles. The van der Waals surface area contributed by atoms with Crippen molar-refractivity contribution >= 4 is 0 Å². The fraction of sp³-hybridized carbons (Fsp3) is 0.500. The van der Waals surface area contributed by atoms with Gasteiger partial charge in [-0.3, -0.25) is 0 Å². The highest BCUT2D eigenvalue weighted by atomic mass is 16.5. The van der Waals surface area contributed by atoms with Gasteiger partial charge in [-0.25, -0.2) is 0 Å². The molecule has 2 aromatic rings. The summed E-state index contributed by atoms with van der Waals surface area (Å²) >= 11 is 0. The van der Waals surface area contributed by atoms with Crippen LogP contribution in [0.2, 0.25) is 0 Å². The molecule has 0 aliphatic rings. The summed E-state index contributed by atoms with van der Waals surface area (Å²) in [6.07, 6.45) is 4.03. The van der Waals surface area contributed by atoms with Gasteiger partial charge in [0.2, 0.25) is 11.7 Å². The molecule has 114 valence electrons. The van der Waals surface area contributed by atoms with Gasteiger partial charge in [0.15, 0.2) is 0 Å². The van der Waals surface area contributed by atoms with Crippen molar-refractivity contribution in [3.63, 3.8) is 0 Å². The van der Waals surface area contributed by atoms with Crippen molar-refractivity contribution in [3.8, 4) is 17.1 Å². The summed E-state index contributed by atoms with van der Waals surface area (Å²) in [4.78, 5) is 4.45. The summed E-state index contributed by atoms with van der Waals surface area (Å²) in [5.41, 5.74) is 6.55. The number of aryl methyl sites for hydroxylation is 1. The number of benzene rings is 1. The van der Waals surface area contributed by atoms with Crippen molar-refractivity contribution in [1.82, 2.24) is 10.1 Å². The molecule has 0 radical (unpaired) electrons. The lowest BCUT2D eigenvalue weighted by Gasteiger charge is -2.11. The van der Waals surface area contributed by atoms with Gasteiger partial charge < -0.3 is 15.0 Å². The van der Waals surface area contributed by atoms with Gasteiger partial charge in [0.05, 0.1) is 7.11 Å². The monoisotopic (exact) mass is 289 g/mol. The minimum absolute atomic E-state index is 0.625. The first-order chi connectivity index (χ1) is 10.3. The molecule has 0 spiro atoms. The van der Waals surface area contributed by atoms with Gasteiger partial charge in [-0.1, -0.05) is 18.5 Å². The summed E-state index contributed by atoms with van der Waals surface area (Å²) in [5, 5.41) is 4.04. The van der Waals surface area contributed by atoms with Crippen LogP contribution in [-0.2, 0) is 6.42 Å². The van der Waals surface area contributed by atoms with Crippen LogP contribution in [0.5, 0.6) is 5.75 Å². The lowest BCUT2D eigenvalue weighted by Crippen LogP contribution is -2.09. The minimum atomic E-state index is 0.625. The smallest absolute Gasteiger partial charge is 0.226 e. The largest absolute Gasteiger partial charge is 0.497 e. The number of nitrogens with two attached hydrogens (primary N) is 1. The Morgan fingerprint density at radius 3 is 2.62 bits per heavy atom. The van der Waals surface area contributed by atoms with Gasteiger partial charge in [0, 0.05) is 12.0 Å². The fourth-order valence-corrected chi connectivity index (χ4v) is 2.33. The van der Waals surface area contributed by atoms with Gasteiger partial charge in [-0.05, 0) is 49.6 Å². The van der Waals surface area contributed by atoms with Crippen molar-refractivity contribution in [1.29, 1.82) is 0 Å². The molecule has 0 bridgehead atoms. The van der Waals surface area contributed by atoms with Gasteiger partial charge in [0.1, 0.15) is 5.75 Å². The summed E-state index contributed by atoms with van der Waals surface area (Å²) < 4.78 is 10.5. The predicted octanol–water partition coefficient (Wildman–Crippen LogP) is 3.05. The van der Waals surface area contributed by atoms with E-state index in [2.05, 4.69) is 17.1 Å². The van der Waals surface area contributed by atoms with E-state index in [1.54, 1.807) is 7.11 Å². The first kappa shape index (κ1) is 15.5. The second-order valence-electron chi connectivity index (χ2n) is 5.13. The molecule has 1 aromatic carbocycles. The Morgan fingerprint density at radius 2 is 2.00 bits per heavy atom. The van der Waals surface area contributed by atoms with E-state index in [9.17, 15) is 0 Å². The molecule has 2 N–H and O–H groups in total. The minimum Gasteiger partial charge on any atom is -0.497 e. The molecule has 0 fully saturated rings. The topological polar surface area (TPSA) is 74.2 Å². The van der Waals surface area contributed by atoms with E-state index in [4.69, 9.17) is 15.0 Å². The molecule has 1 unspecified atom stereocenters. The molecule has 5 heteroatoms. The second-order valence-corrected chi connectivity index (χ2v) is 5.13. The van der Waals surface area contributed by atoms with Crippen molar-refractivity contribution in [2.75, 3.05) is 13.7 Å². The fourth-order valence-electron chi connectivity index (χ4n) is 2.33. The number of methoxy groups -OCH3 is 1. The van der Waals surface area contributed by atoms with Gasteiger partial charge in [-0.15, -0.1) is 0 Å². The summed E-state index contributed by atoms with van der Waals surface area (Å²) in [6, 6.07) is 7.63. The van der Waals surface area contributed by atoms with E-state index < -0.39 is 0 Å². The van der Waals surface area contributed by atoms with Crippen LogP contribution in [0, 0.1) is 5.92 Å². The Morgan fingerprint density at radius 1 is 1.24 bits per heavy atom. The molecule has 0 saturated heterocycles. The molecule has 1 heterocycles. The number of ether oxygens (including phenoxy) is 1. The van der Waals surface area contributed by atoms with Crippen LogP contribution in [0.15, 0.2) is 28.8 Å². The number of rotatable bonds is 8. The Bertz CT molecular complexity index is 537. The highest BCUT2D eigenvalue weighted by Crippen LogP contribution is 2.21. The van der Waals surface area contributed by atoms with E-state index in [0.29, 0.717) is 17.6 Å². The van der Waals surface area contributed by atoms with E-state index in [1.165, 1.54) is 0 Å². The predicted molar refractivity (Wildman–Crippen MR) is 82.1 cm³/mol. The molecular weight excluding hydrogens is 266 g/mol. The maximum absolute atomic E-state index is 5.62. The van der Waals surface area contributed by atoms with Crippen LogP contribution in [0.4, 0.5) is 0 Å². The Kier molecular flexibility index (Phi) is 5.75. The number of nitrogens with zero attached hydrogens (tertiary/aromatic N) is 2. The van der Waals surface area contributed by atoms with Crippen LogP contribution >= 0.6 is 0 Å². The van der Waals surface area contributed by atoms with E-state index in [-0.39, 0.29) is 0 Å². The maximum Gasteiger partial charge on any atom is 0.226 e. The van der Waals surface area contributed by atoms with Crippen molar-refractivity contribution in [2.24, 2.45) is 11.7 Å². The van der Waals surface area contributed by atoms with E-state index >= 15 is 0 Å². The first-order valence-corrected chi connectivity index (χ1v) is 7.43. The normalized spacial score (nSPS) is 12.3. The van der Waals surface area contributed by atoms with Crippen LogP contribution in [-0.4, -0.2) is 23.8 Å². The number of aromatic nitrogens is 2. The Labute approximate surface area is 125 Å². The molecule has 0 aliphatic heterocycles. The molecular formula is C16H23N3O2.